The smallest absolute Gasteiger partial charge is 0.478 e. The number of nitrogens with two attached hydrogens (primary N) is 1. The molecule has 4 heterocycles. The van der Waals surface area contributed by atoms with E-state index in [-0.39, 0.29) is 28.5 Å². The molecular weight excluding hydrogens is 898 g/mol. The van der Waals surface area contributed by atoms with Gasteiger partial charge in [0.25, 0.3) is 0 Å². The number of carboxylic acid groups (broad SMARTS) is 1. The minimum Gasteiger partial charge on any atom is -0.478 e. The Bertz CT molecular complexity index is 2150. The Morgan fingerprint density at radius 1 is 0.982 bits per heavy atom. The SMILES string of the molecule is COC(=O)C(C)(C)c1cccc(B2OC(C)(C)C(C)(C)O2)c1.Cc1cc(C(=O)O)c2ncccc2n1.FC(F)(F)c1ccc(CBr)o1.NCc1ccc(Br)cc1Cl. The highest BCUT2D eigenvalue weighted by Gasteiger charge is 2.52. The van der Waals surface area contributed by atoms with Crippen molar-refractivity contribution >= 4 is 79.0 Å². The van der Waals surface area contributed by atoms with E-state index in [0.29, 0.717) is 28.6 Å². The molecule has 57 heavy (non-hydrogen) atoms. The number of aryl methyl sites for hydroxylation is 1. The van der Waals surface area contributed by atoms with E-state index in [1.54, 1.807) is 25.3 Å². The van der Waals surface area contributed by atoms with Crippen LogP contribution in [0.5, 0.6) is 0 Å². The van der Waals surface area contributed by atoms with Crippen molar-refractivity contribution in [3.63, 3.8) is 0 Å². The van der Waals surface area contributed by atoms with Crippen molar-refractivity contribution in [3.05, 3.63) is 122 Å². The molecule has 0 bridgehead atoms. The van der Waals surface area contributed by atoms with Gasteiger partial charge in [0.15, 0.2) is 0 Å². The van der Waals surface area contributed by atoms with Crippen molar-refractivity contribution in [2.24, 2.45) is 5.73 Å². The van der Waals surface area contributed by atoms with E-state index in [0.717, 1.165) is 32.2 Å². The van der Waals surface area contributed by atoms with Gasteiger partial charge in [0.2, 0.25) is 5.76 Å². The lowest BCUT2D eigenvalue weighted by molar-refractivity contribution is -0.153. The molecule has 17 heteroatoms. The Kier molecular flexibility index (Phi) is 16.5. The van der Waals surface area contributed by atoms with E-state index in [1.807, 2.05) is 84.0 Å². The zero-order valence-electron chi connectivity index (χ0n) is 32.6. The maximum atomic E-state index is 12.0. The quantitative estimate of drug-likeness (QED) is 0.0958. The van der Waals surface area contributed by atoms with Gasteiger partial charge in [-0.3, -0.25) is 14.8 Å². The Labute approximate surface area is 352 Å². The van der Waals surface area contributed by atoms with Gasteiger partial charge < -0.3 is 29.3 Å². The largest absolute Gasteiger partial charge is 0.494 e. The monoisotopic (exact) mass is 939 g/mol. The van der Waals surface area contributed by atoms with Gasteiger partial charge in [-0.05, 0) is 108 Å². The minimum atomic E-state index is -4.37. The zero-order chi connectivity index (χ0) is 42.9. The number of aromatic nitrogens is 2. The molecule has 1 fully saturated rings. The second kappa shape index (κ2) is 19.8. The highest BCUT2D eigenvalue weighted by molar-refractivity contribution is 9.10. The number of furan rings is 1. The highest BCUT2D eigenvalue weighted by Crippen LogP contribution is 2.37. The molecular formula is C40H44BBr2ClF3N3O7. The van der Waals surface area contributed by atoms with Crippen molar-refractivity contribution in [2.45, 2.75) is 83.1 Å². The van der Waals surface area contributed by atoms with Gasteiger partial charge in [-0.2, -0.15) is 13.2 Å². The lowest BCUT2D eigenvalue weighted by Gasteiger charge is -2.32. The first-order chi connectivity index (χ1) is 26.5. The molecule has 1 aliphatic rings. The van der Waals surface area contributed by atoms with Crippen LogP contribution in [-0.2, 0) is 42.3 Å². The molecule has 0 radical (unpaired) electrons. The maximum absolute atomic E-state index is 12.0. The minimum absolute atomic E-state index is 0.202. The average molecular weight is 942 g/mol. The van der Waals surface area contributed by atoms with Crippen LogP contribution in [0.25, 0.3) is 11.0 Å². The Balaban J connectivity index is 0.000000215. The van der Waals surface area contributed by atoms with Gasteiger partial charge in [-0.15, -0.1) is 0 Å². The van der Waals surface area contributed by atoms with Crippen LogP contribution >= 0.6 is 43.5 Å². The second-order valence-corrected chi connectivity index (χ2v) is 16.0. The van der Waals surface area contributed by atoms with Crippen LogP contribution in [0.1, 0.15) is 80.2 Å². The Morgan fingerprint density at radius 3 is 2.14 bits per heavy atom. The van der Waals surface area contributed by atoms with E-state index in [4.69, 9.17) is 36.5 Å². The fraction of sp³-hybridized carbons (Fsp3) is 0.350. The van der Waals surface area contributed by atoms with Gasteiger partial charge in [0.1, 0.15) is 11.3 Å². The number of nitrogens with zero attached hydrogens (tertiary/aromatic N) is 2. The second-order valence-electron chi connectivity index (χ2n) is 14.2. The van der Waals surface area contributed by atoms with Crippen LogP contribution < -0.4 is 11.2 Å². The van der Waals surface area contributed by atoms with Crippen LogP contribution in [0.4, 0.5) is 13.2 Å². The molecule has 0 amide bonds. The third-order valence-corrected chi connectivity index (χ3v) is 10.5. The van der Waals surface area contributed by atoms with Crippen LogP contribution in [0.2, 0.25) is 5.02 Å². The summed E-state index contributed by atoms with van der Waals surface area (Å²) in [5, 5.41) is 9.95. The van der Waals surface area contributed by atoms with E-state index >= 15 is 0 Å². The number of carbonyl (C=O) groups excluding carboxylic acids is 1. The van der Waals surface area contributed by atoms with Crippen molar-refractivity contribution in [3.8, 4) is 0 Å². The molecule has 5 aromatic rings. The van der Waals surface area contributed by atoms with Crippen molar-refractivity contribution in [1.82, 2.24) is 9.97 Å². The third kappa shape index (κ3) is 12.6. The molecule has 0 saturated carbocycles. The van der Waals surface area contributed by atoms with Gasteiger partial charge >= 0.3 is 25.2 Å². The molecule has 3 N–H and O–H groups in total. The van der Waals surface area contributed by atoms with Gasteiger partial charge in [-0.25, -0.2) is 4.79 Å². The highest BCUT2D eigenvalue weighted by atomic mass is 79.9. The topological polar surface area (TPSA) is 147 Å². The van der Waals surface area contributed by atoms with E-state index in [9.17, 15) is 22.8 Å². The number of rotatable bonds is 6. The predicted molar refractivity (Wildman–Crippen MR) is 222 cm³/mol. The number of benzene rings is 2. The fourth-order valence-corrected chi connectivity index (χ4v) is 6.12. The summed E-state index contributed by atoms with van der Waals surface area (Å²) >= 11 is 12.1. The molecule has 0 atom stereocenters. The Morgan fingerprint density at radius 2 is 1.63 bits per heavy atom. The molecule has 6 rings (SSSR count). The van der Waals surface area contributed by atoms with Crippen LogP contribution in [0, 0.1) is 6.92 Å². The van der Waals surface area contributed by atoms with E-state index < -0.39 is 30.4 Å². The van der Waals surface area contributed by atoms with Crippen molar-refractivity contribution in [1.29, 1.82) is 0 Å². The lowest BCUT2D eigenvalue weighted by Crippen LogP contribution is -2.41. The molecule has 0 aliphatic carbocycles. The molecule has 3 aromatic heterocycles. The van der Waals surface area contributed by atoms with Gasteiger partial charge in [0, 0.05) is 27.9 Å². The van der Waals surface area contributed by atoms with Gasteiger partial charge in [-0.1, -0.05) is 73.8 Å². The summed E-state index contributed by atoms with van der Waals surface area (Å²) in [5.41, 5.74) is 8.62. The number of ether oxygens (including phenoxy) is 1. The van der Waals surface area contributed by atoms with E-state index in [2.05, 4.69) is 46.2 Å². The summed E-state index contributed by atoms with van der Waals surface area (Å²) in [6.45, 7) is 14.0. The molecule has 2 aromatic carbocycles. The van der Waals surface area contributed by atoms with Crippen LogP contribution in [0.15, 0.2) is 87.9 Å². The number of halogens is 6. The first-order valence-electron chi connectivity index (χ1n) is 17.3. The molecule has 10 nitrogen and oxygen atoms in total. The normalized spacial score (nSPS) is 14.3. The molecule has 0 unspecified atom stereocenters. The predicted octanol–water partition coefficient (Wildman–Crippen LogP) is 9.83. The summed E-state index contributed by atoms with van der Waals surface area (Å²) in [7, 11) is 0.973. The number of pyridine rings is 2. The number of methoxy groups -OCH3 is 1. The molecule has 1 saturated heterocycles. The summed E-state index contributed by atoms with van der Waals surface area (Å²) in [4.78, 5) is 31.1. The average Bonchev–Trinajstić information content (AvgIpc) is 3.73. The van der Waals surface area contributed by atoms with Crippen LogP contribution in [-0.4, -0.2) is 52.4 Å². The zero-order valence-corrected chi connectivity index (χ0v) is 36.6. The van der Waals surface area contributed by atoms with E-state index in [1.165, 1.54) is 19.2 Å². The number of esters is 1. The number of carboxylic acids is 1. The summed E-state index contributed by atoms with van der Waals surface area (Å²) in [6, 6.07) is 20.6. The van der Waals surface area contributed by atoms with Crippen molar-refractivity contribution < 1.29 is 46.3 Å². The number of alkyl halides is 4. The summed E-state index contributed by atoms with van der Waals surface area (Å²) < 4.78 is 57.9. The molecule has 306 valence electrons. The number of carbonyl (C=O) groups is 2. The standard InChI is InChI=1S/C17H25BO4.C10H8N2O2.C7H7BrClN.C6H4BrF3O/c1-15(2,14(19)20-7)12-9-8-10-13(11-12)18-21-16(3,4)17(5,6)22-18;1-6-5-7(10(13)14)9-8(12-6)3-2-4-11-9;8-6-2-1-5(4-10)7(9)3-6;7-3-4-1-2-5(11-4)6(8,9)10/h8-11H,1-7H3;2-5H,1H3,(H,13,14);1-3H,4,10H2;1-2H,3H2. The maximum Gasteiger partial charge on any atom is 0.494 e. The molecule has 1 aliphatic heterocycles. The Hall–Kier alpha value is -3.80. The number of hydrogen-bond acceptors (Lipinski definition) is 9. The number of hydrogen-bond donors (Lipinski definition) is 2. The van der Waals surface area contributed by atoms with Gasteiger partial charge in [0.05, 0.1) is 40.1 Å². The fourth-order valence-electron chi connectivity index (χ4n) is 5.07. The number of aromatic carboxylic acids is 1. The lowest BCUT2D eigenvalue weighted by atomic mass is 9.75. The summed E-state index contributed by atoms with van der Waals surface area (Å²) in [6.07, 6.45) is -2.81. The third-order valence-electron chi connectivity index (χ3n) is 9.06. The number of fused-ring (bicyclic) bond motifs is 1. The molecule has 0 spiro atoms. The van der Waals surface area contributed by atoms with Crippen LogP contribution in [0.3, 0.4) is 0 Å². The summed E-state index contributed by atoms with van der Waals surface area (Å²) in [5.74, 6) is -1.91. The first-order valence-corrected chi connectivity index (χ1v) is 19.6. The van der Waals surface area contributed by atoms with Crippen molar-refractivity contribution in [2.75, 3.05) is 7.11 Å². The first kappa shape index (κ1) is 47.6.